The standard InChI is InChI=1S/C22H28N2O4/c1-4-12-27-20-11-10-19(14-21(20)28-13-5-2)24-22(26)18-8-6-17(7-9-18)15-23-16(3)25/h6-11,14H,4-5,12-13,15H2,1-3H3,(H,23,25)(H,24,26). The van der Waals surface area contributed by atoms with Gasteiger partial charge in [0.05, 0.1) is 13.2 Å². The molecule has 0 aromatic heterocycles. The van der Waals surface area contributed by atoms with Crippen LogP contribution in [0.5, 0.6) is 11.5 Å². The molecular weight excluding hydrogens is 356 g/mol. The Hall–Kier alpha value is -3.02. The van der Waals surface area contributed by atoms with Crippen molar-refractivity contribution in [2.24, 2.45) is 0 Å². The minimum absolute atomic E-state index is 0.0886. The molecule has 0 saturated heterocycles. The summed E-state index contributed by atoms with van der Waals surface area (Å²) in [5, 5.41) is 5.61. The normalized spacial score (nSPS) is 10.2. The maximum absolute atomic E-state index is 12.5. The second-order valence-electron chi connectivity index (χ2n) is 6.42. The lowest BCUT2D eigenvalue weighted by molar-refractivity contribution is -0.119. The molecule has 0 spiro atoms. The zero-order chi connectivity index (χ0) is 20.4. The topological polar surface area (TPSA) is 76.7 Å². The highest BCUT2D eigenvalue weighted by molar-refractivity contribution is 6.04. The van der Waals surface area contributed by atoms with E-state index in [1.165, 1.54) is 6.92 Å². The van der Waals surface area contributed by atoms with Crippen molar-refractivity contribution in [1.29, 1.82) is 0 Å². The van der Waals surface area contributed by atoms with E-state index in [1.807, 2.05) is 32.0 Å². The van der Waals surface area contributed by atoms with E-state index in [0.29, 0.717) is 42.5 Å². The van der Waals surface area contributed by atoms with Gasteiger partial charge >= 0.3 is 0 Å². The Morgan fingerprint density at radius 1 is 0.893 bits per heavy atom. The second-order valence-corrected chi connectivity index (χ2v) is 6.42. The summed E-state index contributed by atoms with van der Waals surface area (Å²) in [5.74, 6) is 0.999. The molecule has 2 aromatic rings. The van der Waals surface area contributed by atoms with E-state index in [0.717, 1.165) is 18.4 Å². The van der Waals surface area contributed by atoms with Crippen molar-refractivity contribution in [2.75, 3.05) is 18.5 Å². The largest absolute Gasteiger partial charge is 0.490 e. The van der Waals surface area contributed by atoms with E-state index < -0.39 is 0 Å². The number of amides is 2. The minimum atomic E-state index is -0.213. The summed E-state index contributed by atoms with van der Waals surface area (Å²) in [6.07, 6.45) is 1.79. The fourth-order valence-electron chi connectivity index (χ4n) is 2.45. The average Bonchev–Trinajstić information content (AvgIpc) is 2.70. The molecule has 0 bridgehead atoms. The Morgan fingerprint density at radius 2 is 1.54 bits per heavy atom. The fourth-order valence-corrected chi connectivity index (χ4v) is 2.45. The molecule has 2 aromatic carbocycles. The average molecular weight is 384 g/mol. The van der Waals surface area contributed by atoms with E-state index in [1.54, 1.807) is 24.3 Å². The number of rotatable bonds is 10. The van der Waals surface area contributed by atoms with Gasteiger partial charge in [0.1, 0.15) is 0 Å². The number of anilines is 1. The van der Waals surface area contributed by atoms with Crippen LogP contribution in [0.25, 0.3) is 0 Å². The van der Waals surface area contributed by atoms with Crippen LogP contribution in [0.1, 0.15) is 49.5 Å². The van der Waals surface area contributed by atoms with Crippen molar-refractivity contribution in [2.45, 2.75) is 40.2 Å². The van der Waals surface area contributed by atoms with Crippen molar-refractivity contribution in [3.8, 4) is 11.5 Å². The Labute approximate surface area is 166 Å². The van der Waals surface area contributed by atoms with Crippen molar-refractivity contribution in [3.05, 3.63) is 53.6 Å². The van der Waals surface area contributed by atoms with Crippen LogP contribution in [0, 0.1) is 0 Å². The molecule has 0 aliphatic rings. The van der Waals surface area contributed by atoms with Crippen LogP contribution < -0.4 is 20.1 Å². The molecule has 6 heteroatoms. The van der Waals surface area contributed by atoms with Crippen LogP contribution in [0.3, 0.4) is 0 Å². The van der Waals surface area contributed by atoms with Gasteiger partial charge in [0, 0.05) is 30.8 Å². The first-order valence-electron chi connectivity index (χ1n) is 9.57. The highest BCUT2D eigenvalue weighted by Crippen LogP contribution is 2.31. The molecule has 6 nitrogen and oxygen atoms in total. The van der Waals surface area contributed by atoms with Gasteiger partial charge < -0.3 is 20.1 Å². The van der Waals surface area contributed by atoms with Crippen molar-refractivity contribution >= 4 is 17.5 Å². The summed E-state index contributed by atoms with van der Waals surface area (Å²) in [6, 6.07) is 12.5. The van der Waals surface area contributed by atoms with Crippen molar-refractivity contribution in [3.63, 3.8) is 0 Å². The SMILES string of the molecule is CCCOc1ccc(NC(=O)c2ccc(CNC(C)=O)cc2)cc1OCCC. The van der Waals surface area contributed by atoms with E-state index in [4.69, 9.17) is 9.47 Å². The number of ether oxygens (including phenoxy) is 2. The van der Waals surface area contributed by atoms with Gasteiger partial charge in [-0.3, -0.25) is 9.59 Å². The molecule has 2 amide bonds. The van der Waals surface area contributed by atoms with Gasteiger partial charge in [-0.15, -0.1) is 0 Å². The molecule has 0 aliphatic heterocycles. The second kappa shape index (κ2) is 11.0. The van der Waals surface area contributed by atoms with E-state index >= 15 is 0 Å². The molecule has 0 heterocycles. The quantitative estimate of drug-likeness (QED) is 0.645. The molecule has 0 fully saturated rings. The van der Waals surface area contributed by atoms with Crippen LogP contribution in [0.2, 0.25) is 0 Å². The van der Waals surface area contributed by atoms with Gasteiger partial charge in [0.25, 0.3) is 5.91 Å². The molecule has 0 radical (unpaired) electrons. The molecule has 2 N–H and O–H groups in total. The number of nitrogens with one attached hydrogen (secondary N) is 2. The molecule has 2 rings (SSSR count). The molecule has 0 unspecified atom stereocenters. The maximum atomic E-state index is 12.5. The molecule has 0 saturated carbocycles. The molecule has 28 heavy (non-hydrogen) atoms. The Kier molecular flexibility index (Phi) is 8.34. The Bertz CT molecular complexity index is 788. The Morgan fingerprint density at radius 3 is 2.14 bits per heavy atom. The highest BCUT2D eigenvalue weighted by atomic mass is 16.5. The first kappa shape index (κ1) is 21.3. The number of hydrogen-bond donors (Lipinski definition) is 2. The summed E-state index contributed by atoms with van der Waals surface area (Å²) in [7, 11) is 0. The summed E-state index contributed by atoms with van der Waals surface area (Å²) in [6.45, 7) is 7.18. The summed E-state index contributed by atoms with van der Waals surface area (Å²) >= 11 is 0. The first-order valence-corrected chi connectivity index (χ1v) is 9.57. The third-order valence-electron chi connectivity index (χ3n) is 3.88. The molecule has 150 valence electrons. The van der Waals surface area contributed by atoms with Gasteiger partial charge in [-0.25, -0.2) is 0 Å². The lowest BCUT2D eigenvalue weighted by Gasteiger charge is -2.14. The van der Waals surface area contributed by atoms with Crippen LogP contribution in [-0.2, 0) is 11.3 Å². The third-order valence-corrected chi connectivity index (χ3v) is 3.88. The number of carbonyl (C=O) groups is 2. The minimum Gasteiger partial charge on any atom is -0.490 e. The van der Waals surface area contributed by atoms with Crippen LogP contribution in [0.4, 0.5) is 5.69 Å². The van der Waals surface area contributed by atoms with E-state index in [-0.39, 0.29) is 11.8 Å². The highest BCUT2D eigenvalue weighted by Gasteiger charge is 2.10. The lowest BCUT2D eigenvalue weighted by atomic mass is 10.1. The van der Waals surface area contributed by atoms with Crippen molar-refractivity contribution < 1.29 is 19.1 Å². The number of hydrogen-bond acceptors (Lipinski definition) is 4. The molecular formula is C22H28N2O4. The Balaban J connectivity index is 2.06. The van der Waals surface area contributed by atoms with E-state index in [9.17, 15) is 9.59 Å². The molecule has 0 aliphatic carbocycles. The van der Waals surface area contributed by atoms with Crippen LogP contribution >= 0.6 is 0 Å². The zero-order valence-electron chi connectivity index (χ0n) is 16.7. The first-order chi connectivity index (χ1) is 13.5. The smallest absolute Gasteiger partial charge is 0.255 e. The van der Waals surface area contributed by atoms with Crippen molar-refractivity contribution in [1.82, 2.24) is 5.32 Å². The summed E-state index contributed by atoms with van der Waals surface area (Å²) < 4.78 is 11.5. The van der Waals surface area contributed by atoms with E-state index in [2.05, 4.69) is 10.6 Å². The zero-order valence-corrected chi connectivity index (χ0v) is 16.7. The van der Waals surface area contributed by atoms with Crippen LogP contribution in [-0.4, -0.2) is 25.0 Å². The number of carbonyl (C=O) groups excluding carboxylic acids is 2. The fraction of sp³-hybridized carbons (Fsp3) is 0.364. The number of benzene rings is 2. The van der Waals surface area contributed by atoms with Gasteiger partial charge in [-0.05, 0) is 42.7 Å². The summed E-state index contributed by atoms with van der Waals surface area (Å²) in [4.78, 5) is 23.5. The van der Waals surface area contributed by atoms with Gasteiger partial charge in [-0.2, -0.15) is 0 Å². The lowest BCUT2D eigenvalue weighted by Crippen LogP contribution is -2.19. The van der Waals surface area contributed by atoms with Gasteiger partial charge in [-0.1, -0.05) is 26.0 Å². The predicted molar refractivity (Wildman–Crippen MR) is 110 cm³/mol. The third kappa shape index (κ3) is 6.61. The molecule has 0 atom stereocenters. The predicted octanol–water partition coefficient (Wildman–Crippen LogP) is 4.15. The maximum Gasteiger partial charge on any atom is 0.255 e. The van der Waals surface area contributed by atoms with Gasteiger partial charge in [0.15, 0.2) is 11.5 Å². The summed E-state index contributed by atoms with van der Waals surface area (Å²) in [5.41, 5.74) is 2.11. The van der Waals surface area contributed by atoms with Crippen LogP contribution in [0.15, 0.2) is 42.5 Å². The monoisotopic (exact) mass is 384 g/mol. The van der Waals surface area contributed by atoms with Gasteiger partial charge in [0.2, 0.25) is 5.91 Å².